The number of nitrogens with one attached hydrogen (secondary N) is 1. The lowest BCUT2D eigenvalue weighted by Gasteiger charge is -2.26. The van der Waals surface area contributed by atoms with E-state index >= 15 is 0 Å². The van der Waals surface area contributed by atoms with Gasteiger partial charge in [0.15, 0.2) is 0 Å². The van der Waals surface area contributed by atoms with Crippen molar-refractivity contribution in [1.29, 1.82) is 0 Å². The van der Waals surface area contributed by atoms with Gasteiger partial charge in [-0.15, -0.1) is 0 Å². The van der Waals surface area contributed by atoms with E-state index in [-0.39, 0.29) is 11.9 Å². The average Bonchev–Trinajstić information content (AvgIpc) is 2.85. The van der Waals surface area contributed by atoms with Crippen LogP contribution in [0.4, 0.5) is 0 Å². The first kappa shape index (κ1) is 14.5. The standard InChI is InChI=1S/C12H19BrN4O2/c1-10(17-9-11(13)8-15-17)12(18)14-2-3-16-4-6-19-7-5-16/h8-10H,2-7H2,1H3,(H,14,18)/t10-/m1/s1. The van der Waals surface area contributed by atoms with Crippen molar-refractivity contribution in [3.05, 3.63) is 16.9 Å². The van der Waals surface area contributed by atoms with Crippen molar-refractivity contribution < 1.29 is 9.53 Å². The van der Waals surface area contributed by atoms with Crippen LogP contribution >= 0.6 is 15.9 Å². The molecule has 2 heterocycles. The van der Waals surface area contributed by atoms with E-state index in [2.05, 4.69) is 31.2 Å². The first-order valence-electron chi connectivity index (χ1n) is 6.44. The molecule has 106 valence electrons. The molecule has 7 heteroatoms. The third-order valence-corrected chi connectivity index (χ3v) is 3.59. The van der Waals surface area contributed by atoms with Crippen molar-refractivity contribution in [3.8, 4) is 0 Å². The second kappa shape index (κ2) is 7.02. The van der Waals surface area contributed by atoms with Crippen LogP contribution in [0.2, 0.25) is 0 Å². The molecule has 0 saturated carbocycles. The van der Waals surface area contributed by atoms with Gasteiger partial charge in [-0.3, -0.25) is 14.4 Å². The average molecular weight is 331 g/mol. The normalized spacial score (nSPS) is 18.2. The van der Waals surface area contributed by atoms with Crippen LogP contribution < -0.4 is 5.32 Å². The number of ether oxygens (including phenoxy) is 1. The smallest absolute Gasteiger partial charge is 0.244 e. The predicted molar refractivity (Wildman–Crippen MR) is 74.9 cm³/mol. The van der Waals surface area contributed by atoms with Crippen LogP contribution in [0.15, 0.2) is 16.9 Å². The van der Waals surface area contributed by atoms with Gasteiger partial charge in [0.2, 0.25) is 5.91 Å². The van der Waals surface area contributed by atoms with Crippen LogP contribution in [0.25, 0.3) is 0 Å². The Bertz CT molecular complexity index is 418. The van der Waals surface area contributed by atoms with Gasteiger partial charge in [0, 0.05) is 32.4 Å². The van der Waals surface area contributed by atoms with Crippen molar-refractivity contribution in [3.63, 3.8) is 0 Å². The third-order valence-electron chi connectivity index (χ3n) is 3.18. The quantitative estimate of drug-likeness (QED) is 0.861. The summed E-state index contributed by atoms with van der Waals surface area (Å²) in [6.07, 6.45) is 3.48. The molecule has 0 unspecified atom stereocenters. The molecule has 0 aromatic carbocycles. The Morgan fingerprint density at radius 1 is 1.58 bits per heavy atom. The molecule has 0 radical (unpaired) electrons. The number of rotatable bonds is 5. The fraction of sp³-hybridized carbons (Fsp3) is 0.667. The van der Waals surface area contributed by atoms with Gasteiger partial charge in [0.1, 0.15) is 6.04 Å². The molecule has 1 N–H and O–H groups in total. The van der Waals surface area contributed by atoms with E-state index in [1.54, 1.807) is 17.1 Å². The zero-order chi connectivity index (χ0) is 13.7. The maximum atomic E-state index is 12.0. The largest absolute Gasteiger partial charge is 0.379 e. The summed E-state index contributed by atoms with van der Waals surface area (Å²) in [4.78, 5) is 14.3. The maximum absolute atomic E-state index is 12.0. The summed E-state index contributed by atoms with van der Waals surface area (Å²) in [6.45, 7) is 6.81. The van der Waals surface area contributed by atoms with Gasteiger partial charge in [-0.1, -0.05) is 0 Å². The van der Waals surface area contributed by atoms with Crippen molar-refractivity contribution in [2.75, 3.05) is 39.4 Å². The zero-order valence-corrected chi connectivity index (χ0v) is 12.6. The van der Waals surface area contributed by atoms with Gasteiger partial charge in [-0.2, -0.15) is 5.10 Å². The molecule has 0 spiro atoms. The van der Waals surface area contributed by atoms with Gasteiger partial charge >= 0.3 is 0 Å². The SMILES string of the molecule is C[C@H](C(=O)NCCN1CCOCC1)n1cc(Br)cn1. The maximum Gasteiger partial charge on any atom is 0.244 e. The van der Waals surface area contributed by atoms with E-state index in [0.29, 0.717) is 6.54 Å². The number of amides is 1. The molecule has 2 rings (SSSR count). The summed E-state index contributed by atoms with van der Waals surface area (Å²) in [7, 11) is 0. The first-order valence-corrected chi connectivity index (χ1v) is 7.23. The minimum atomic E-state index is -0.295. The molecular formula is C12H19BrN4O2. The second-order valence-electron chi connectivity index (χ2n) is 4.56. The molecule has 0 aliphatic carbocycles. The van der Waals surface area contributed by atoms with Crippen molar-refractivity contribution in [1.82, 2.24) is 20.0 Å². The Balaban J connectivity index is 1.71. The second-order valence-corrected chi connectivity index (χ2v) is 5.48. The molecule has 1 aromatic rings. The van der Waals surface area contributed by atoms with E-state index < -0.39 is 0 Å². The molecule has 1 aromatic heterocycles. The number of halogens is 1. The van der Waals surface area contributed by atoms with Crippen LogP contribution in [0.1, 0.15) is 13.0 Å². The van der Waals surface area contributed by atoms with Crippen LogP contribution in [0, 0.1) is 0 Å². The van der Waals surface area contributed by atoms with E-state index in [0.717, 1.165) is 37.3 Å². The summed E-state index contributed by atoms with van der Waals surface area (Å²) >= 11 is 3.32. The number of hydrogen-bond donors (Lipinski definition) is 1. The van der Waals surface area contributed by atoms with Gasteiger partial charge in [0.05, 0.1) is 23.9 Å². The van der Waals surface area contributed by atoms with Crippen molar-refractivity contribution >= 4 is 21.8 Å². The molecule has 19 heavy (non-hydrogen) atoms. The summed E-state index contributed by atoms with van der Waals surface area (Å²) in [5, 5.41) is 7.06. The highest BCUT2D eigenvalue weighted by Crippen LogP contribution is 2.11. The first-order chi connectivity index (χ1) is 9.16. The van der Waals surface area contributed by atoms with Gasteiger partial charge < -0.3 is 10.1 Å². The zero-order valence-electron chi connectivity index (χ0n) is 11.0. The summed E-state index contributed by atoms with van der Waals surface area (Å²) in [5.41, 5.74) is 0. The fourth-order valence-corrected chi connectivity index (χ4v) is 2.26. The Morgan fingerprint density at radius 3 is 2.95 bits per heavy atom. The highest BCUT2D eigenvalue weighted by Gasteiger charge is 2.16. The molecule has 1 amide bonds. The summed E-state index contributed by atoms with van der Waals surface area (Å²) < 4.78 is 7.80. The number of aromatic nitrogens is 2. The number of carbonyl (C=O) groups is 1. The van der Waals surface area contributed by atoms with E-state index in [1.807, 2.05) is 6.92 Å². The molecule has 1 fully saturated rings. The van der Waals surface area contributed by atoms with Gasteiger partial charge in [-0.05, 0) is 22.9 Å². The van der Waals surface area contributed by atoms with Crippen LogP contribution in [0.3, 0.4) is 0 Å². The fourth-order valence-electron chi connectivity index (χ4n) is 1.96. The number of carbonyl (C=O) groups excluding carboxylic acids is 1. The van der Waals surface area contributed by atoms with Crippen LogP contribution in [-0.2, 0) is 9.53 Å². The Labute approximate surface area is 121 Å². The highest BCUT2D eigenvalue weighted by atomic mass is 79.9. The molecule has 1 aliphatic rings. The molecule has 0 bridgehead atoms. The highest BCUT2D eigenvalue weighted by molar-refractivity contribution is 9.10. The Morgan fingerprint density at radius 2 is 2.32 bits per heavy atom. The van der Waals surface area contributed by atoms with Gasteiger partial charge in [0.25, 0.3) is 0 Å². The molecule has 1 saturated heterocycles. The minimum Gasteiger partial charge on any atom is -0.379 e. The lowest BCUT2D eigenvalue weighted by molar-refractivity contribution is -0.124. The number of morpholine rings is 1. The van der Waals surface area contributed by atoms with Crippen LogP contribution in [-0.4, -0.2) is 60.0 Å². The number of nitrogens with zero attached hydrogens (tertiary/aromatic N) is 3. The van der Waals surface area contributed by atoms with E-state index in [1.165, 1.54) is 0 Å². The van der Waals surface area contributed by atoms with Crippen molar-refractivity contribution in [2.45, 2.75) is 13.0 Å². The van der Waals surface area contributed by atoms with Crippen molar-refractivity contribution in [2.24, 2.45) is 0 Å². The Kier molecular flexibility index (Phi) is 5.35. The number of hydrogen-bond acceptors (Lipinski definition) is 4. The molecule has 1 aliphatic heterocycles. The molecular weight excluding hydrogens is 312 g/mol. The minimum absolute atomic E-state index is 0.0103. The lowest BCUT2D eigenvalue weighted by Crippen LogP contribution is -2.42. The van der Waals surface area contributed by atoms with E-state index in [9.17, 15) is 4.79 Å². The van der Waals surface area contributed by atoms with Crippen LogP contribution in [0.5, 0.6) is 0 Å². The Hall–Kier alpha value is -0.920. The monoisotopic (exact) mass is 330 g/mol. The van der Waals surface area contributed by atoms with Gasteiger partial charge in [-0.25, -0.2) is 0 Å². The lowest BCUT2D eigenvalue weighted by atomic mass is 10.3. The molecule has 6 nitrogen and oxygen atoms in total. The predicted octanol–water partition coefficient (Wildman–Crippen LogP) is 0.655. The third kappa shape index (κ3) is 4.29. The summed E-state index contributed by atoms with van der Waals surface area (Å²) in [5.74, 6) is -0.0103. The summed E-state index contributed by atoms with van der Waals surface area (Å²) in [6, 6.07) is -0.295. The van der Waals surface area contributed by atoms with E-state index in [4.69, 9.17) is 4.74 Å². The topological polar surface area (TPSA) is 59.4 Å². The molecule has 1 atom stereocenters.